The monoisotopic (exact) mass is 460 g/mol. The van der Waals surface area contributed by atoms with Gasteiger partial charge in [0, 0.05) is 16.8 Å². The third-order valence-corrected chi connectivity index (χ3v) is 7.67. The number of aliphatic carboxylic acids is 1. The fourth-order valence-electron chi connectivity index (χ4n) is 4.70. The molecule has 2 aliphatic rings. The number of carboxylic acids is 1. The summed E-state index contributed by atoms with van der Waals surface area (Å²) in [4.78, 5) is 38.7. The zero-order valence-electron chi connectivity index (χ0n) is 19.0. The number of hydrogen-bond acceptors (Lipinski definition) is 6. The number of aryl methyl sites for hydroxylation is 1. The summed E-state index contributed by atoms with van der Waals surface area (Å²) in [6.07, 6.45) is 15.3. The topological polar surface area (TPSA) is 95.5 Å². The van der Waals surface area contributed by atoms with E-state index in [9.17, 15) is 19.5 Å². The molecule has 1 N–H and O–H groups in total. The summed E-state index contributed by atoms with van der Waals surface area (Å²) in [5, 5.41) is 15.0. The van der Waals surface area contributed by atoms with Gasteiger partial charge in [-0.2, -0.15) is 0 Å². The van der Waals surface area contributed by atoms with Gasteiger partial charge in [-0.25, -0.2) is 4.79 Å². The standard InChI is InChI=1S/C25H35NO5S/c1-2-31-25(30)21-19-15-9-7-5-3-4-6-8-10-16-20(19)32-23(21)26-22(27)17-13-11-12-14-18(17)24(28)29/h11-12,17-18H,2-10,13-16H2,1H3,(H,26,27)(H,28,29)/p-1/t17-,18+/m0/s1. The van der Waals surface area contributed by atoms with Gasteiger partial charge < -0.3 is 20.0 Å². The highest BCUT2D eigenvalue weighted by molar-refractivity contribution is 7.17. The first kappa shape index (κ1) is 24.5. The summed E-state index contributed by atoms with van der Waals surface area (Å²) in [7, 11) is 0. The number of nitrogens with one attached hydrogen (secondary N) is 1. The van der Waals surface area contributed by atoms with Crippen LogP contribution >= 0.6 is 11.3 Å². The maximum atomic E-state index is 13.1. The highest BCUT2D eigenvalue weighted by Gasteiger charge is 2.32. The lowest BCUT2D eigenvalue weighted by molar-refractivity contribution is -0.313. The number of ether oxygens (including phenoxy) is 1. The molecule has 0 fully saturated rings. The summed E-state index contributed by atoms with van der Waals surface area (Å²) in [5.41, 5.74) is 1.47. The molecule has 1 heterocycles. The first-order chi connectivity index (χ1) is 15.5. The van der Waals surface area contributed by atoms with Crippen LogP contribution in [0, 0.1) is 11.8 Å². The molecular formula is C25H34NO5S-. The van der Waals surface area contributed by atoms with Crippen LogP contribution in [0.1, 0.15) is 91.9 Å². The molecule has 32 heavy (non-hydrogen) atoms. The predicted molar refractivity (Wildman–Crippen MR) is 124 cm³/mol. The number of thiophene rings is 1. The highest BCUT2D eigenvalue weighted by atomic mass is 32.1. The van der Waals surface area contributed by atoms with Gasteiger partial charge in [0.2, 0.25) is 5.91 Å². The van der Waals surface area contributed by atoms with E-state index >= 15 is 0 Å². The van der Waals surface area contributed by atoms with Gasteiger partial charge in [0.25, 0.3) is 0 Å². The number of fused-ring (bicyclic) bond motifs is 1. The minimum Gasteiger partial charge on any atom is -0.550 e. The second-order valence-electron chi connectivity index (χ2n) is 8.72. The molecule has 176 valence electrons. The maximum Gasteiger partial charge on any atom is 0.341 e. The number of carbonyl (C=O) groups is 3. The number of amides is 1. The van der Waals surface area contributed by atoms with E-state index in [1.54, 1.807) is 13.0 Å². The summed E-state index contributed by atoms with van der Waals surface area (Å²) in [6.45, 7) is 2.03. The first-order valence-electron chi connectivity index (χ1n) is 12.0. The van der Waals surface area contributed by atoms with Gasteiger partial charge >= 0.3 is 5.97 Å². The quantitative estimate of drug-likeness (QED) is 0.518. The van der Waals surface area contributed by atoms with Gasteiger partial charge in [0.15, 0.2) is 0 Å². The molecule has 1 aromatic heterocycles. The number of allylic oxidation sites excluding steroid dienone is 2. The average Bonchev–Trinajstić information content (AvgIpc) is 3.10. The van der Waals surface area contributed by atoms with Crippen molar-refractivity contribution in [3.8, 4) is 0 Å². The van der Waals surface area contributed by atoms with E-state index in [0.29, 0.717) is 17.0 Å². The molecule has 0 radical (unpaired) electrons. The third-order valence-electron chi connectivity index (χ3n) is 6.46. The van der Waals surface area contributed by atoms with Crippen LogP contribution < -0.4 is 10.4 Å². The van der Waals surface area contributed by atoms with Gasteiger partial charge in [0.05, 0.1) is 18.1 Å². The van der Waals surface area contributed by atoms with Crippen LogP contribution in [0.25, 0.3) is 0 Å². The maximum absolute atomic E-state index is 13.1. The van der Waals surface area contributed by atoms with Crippen LogP contribution in [0.15, 0.2) is 12.2 Å². The van der Waals surface area contributed by atoms with E-state index in [2.05, 4.69) is 5.32 Å². The molecule has 1 amide bonds. The summed E-state index contributed by atoms with van der Waals surface area (Å²) >= 11 is 1.45. The van der Waals surface area contributed by atoms with Crippen molar-refractivity contribution in [3.05, 3.63) is 28.2 Å². The molecule has 2 aliphatic carbocycles. The van der Waals surface area contributed by atoms with Crippen molar-refractivity contribution in [1.82, 2.24) is 0 Å². The molecule has 6 nitrogen and oxygen atoms in total. The van der Waals surface area contributed by atoms with Crippen molar-refractivity contribution in [1.29, 1.82) is 0 Å². The van der Waals surface area contributed by atoms with Crippen LogP contribution in [-0.2, 0) is 27.2 Å². The molecule has 7 heteroatoms. The van der Waals surface area contributed by atoms with Gasteiger partial charge in [-0.15, -0.1) is 11.3 Å². The molecule has 0 spiro atoms. The fraction of sp³-hybridized carbons (Fsp3) is 0.640. The molecule has 0 unspecified atom stereocenters. The summed E-state index contributed by atoms with van der Waals surface area (Å²) < 4.78 is 5.35. The summed E-state index contributed by atoms with van der Waals surface area (Å²) in [6, 6.07) is 0. The van der Waals surface area contributed by atoms with Gasteiger partial charge in [-0.1, -0.05) is 50.7 Å². The Morgan fingerprint density at radius 3 is 2.19 bits per heavy atom. The molecule has 3 rings (SSSR count). The summed E-state index contributed by atoms with van der Waals surface area (Å²) in [5.74, 6) is -3.55. The Hall–Kier alpha value is -2.15. The fourth-order valence-corrected chi connectivity index (χ4v) is 5.98. The van der Waals surface area contributed by atoms with E-state index in [0.717, 1.165) is 49.0 Å². The molecule has 0 aromatic carbocycles. The SMILES string of the molecule is CCOC(=O)c1c(NC(=O)[C@H]2CC=CC[C@H]2C(=O)[O-])sc2c1CCCCCCCCCC2. The third kappa shape index (κ3) is 6.21. The van der Waals surface area contributed by atoms with Crippen LogP contribution in [0.5, 0.6) is 0 Å². The van der Waals surface area contributed by atoms with Crippen LogP contribution in [0.2, 0.25) is 0 Å². The van der Waals surface area contributed by atoms with E-state index in [-0.39, 0.29) is 18.9 Å². The van der Waals surface area contributed by atoms with Crippen LogP contribution in [0.3, 0.4) is 0 Å². The Morgan fingerprint density at radius 1 is 0.969 bits per heavy atom. The van der Waals surface area contributed by atoms with Crippen molar-refractivity contribution in [2.24, 2.45) is 11.8 Å². The average molecular weight is 461 g/mol. The van der Waals surface area contributed by atoms with Crippen molar-refractivity contribution in [2.45, 2.75) is 84.0 Å². The van der Waals surface area contributed by atoms with E-state index in [1.807, 2.05) is 6.08 Å². The Bertz CT molecular complexity index is 844. The van der Waals surface area contributed by atoms with Crippen molar-refractivity contribution < 1.29 is 24.2 Å². The normalized spacial score (nSPS) is 22.2. The smallest absolute Gasteiger partial charge is 0.341 e. The zero-order valence-corrected chi connectivity index (χ0v) is 19.8. The lowest BCUT2D eigenvalue weighted by Gasteiger charge is -2.28. The van der Waals surface area contributed by atoms with Gasteiger partial charge in [-0.3, -0.25) is 4.79 Å². The van der Waals surface area contributed by atoms with E-state index < -0.39 is 23.8 Å². The largest absolute Gasteiger partial charge is 0.550 e. The number of rotatable bonds is 5. The van der Waals surface area contributed by atoms with Crippen LogP contribution in [-0.4, -0.2) is 24.5 Å². The first-order valence-corrected chi connectivity index (χ1v) is 12.8. The molecule has 0 saturated carbocycles. The van der Waals surface area contributed by atoms with Gasteiger partial charge in [0.1, 0.15) is 5.00 Å². The lowest BCUT2D eigenvalue weighted by atomic mass is 9.82. The Labute approximate surface area is 194 Å². The second-order valence-corrected chi connectivity index (χ2v) is 9.83. The number of anilines is 1. The number of carbonyl (C=O) groups excluding carboxylic acids is 3. The highest BCUT2D eigenvalue weighted by Crippen LogP contribution is 2.38. The second kappa shape index (κ2) is 12.2. The van der Waals surface area contributed by atoms with Crippen molar-refractivity contribution >= 4 is 34.2 Å². The Balaban J connectivity index is 1.90. The number of hydrogen-bond donors (Lipinski definition) is 1. The number of carboxylic acid groups (broad SMARTS) is 1. The minimum absolute atomic E-state index is 0.261. The predicted octanol–water partition coefficient (Wildman–Crippen LogP) is 4.42. The molecule has 0 saturated heterocycles. The minimum atomic E-state index is -1.21. The Morgan fingerprint density at radius 2 is 1.56 bits per heavy atom. The van der Waals surface area contributed by atoms with Crippen molar-refractivity contribution in [2.75, 3.05) is 11.9 Å². The molecule has 1 aromatic rings. The molecular weight excluding hydrogens is 426 g/mol. The Kier molecular flexibility index (Phi) is 9.33. The van der Waals surface area contributed by atoms with Crippen LogP contribution in [0.4, 0.5) is 5.00 Å². The lowest BCUT2D eigenvalue weighted by Crippen LogP contribution is -2.41. The van der Waals surface area contributed by atoms with E-state index in [1.165, 1.54) is 37.0 Å². The molecule has 0 bridgehead atoms. The molecule has 2 atom stereocenters. The molecule has 0 aliphatic heterocycles. The van der Waals surface area contributed by atoms with E-state index in [4.69, 9.17) is 4.74 Å². The van der Waals surface area contributed by atoms with Crippen molar-refractivity contribution in [3.63, 3.8) is 0 Å². The zero-order chi connectivity index (χ0) is 22.9. The number of esters is 1. The van der Waals surface area contributed by atoms with Gasteiger partial charge in [-0.05, 0) is 51.0 Å².